The van der Waals surface area contributed by atoms with Gasteiger partial charge in [0.15, 0.2) is 6.54 Å². The molecule has 0 radical (unpaired) electrons. The van der Waals surface area contributed by atoms with Gasteiger partial charge in [0, 0.05) is 9.79 Å². The Hall–Kier alpha value is -1.99. The average Bonchev–Trinajstić information content (AvgIpc) is 2.51. The van der Waals surface area contributed by atoms with Gasteiger partial charge >= 0.3 is 6.18 Å². The molecule has 1 amide bonds. The highest BCUT2D eigenvalue weighted by atomic mass is 32.2. The van der Waals surface area contributed by atoms with E-state index in [1.165, 1.54) is 22.7 Å². The van der Waals surface area contributed by atoms with Crippen LogP contribution in [0.2, 0.25) is 0 Å². The van der Waals surface area contributed by atoms with Crippen LogP contribution in [-0.2, 0) is 11.0 Å². The van der Waals surface area contributed by atoms with Gasteiger partial charge in [0.2, 0.25) is 0 Å². The molecule has 3 nitrogen and oxygen atoms in total. The lowest BCUT2D eigenvalue weighted by atomic mass is 10.1. The number of amides is 1. The van der Waals surface area contributed by atoms with Crippen molar-refractivity contribution in [2.24, 2.45) is 0 Å². The van der Waals surface area contributed by atoms with E-state index in [0.29, 0.717) is 10.6 Å². The molecule has 0 bridgehead atoms. The highest BCUT2D eigenvalue weighted by Gasteiger charge is 2.34. The number of quaternary nitrogens is 1. The molecule has 2 aromatic rings. The highest BCUT2D eigenvalue weighted by Crippen LogP contribution is 2.49. The van der Waals surface area contributed by atoms with E-state index in [0.717, 1.165) is 17.0 Å². The summed E-state index contributed by atoms with van der Waals surface area (Å²) in [4.78, 5) is 15.4. The first-order valence-corrected chi connectivity index (χ1v) is 7.82. The summed E-state index contributed by atoms with van der Waals surface area (Å²) < 4.78 is 39.0. The molecule has 1 aliphatic rings. The van der Waals surface area contributed by atoms with Crippen LogP contribution in [0.1, 0.15) is 5.56 Å². The molecule has 0 spiro atoms. The fraction of sp³-hybridized carbons (Fsp3) is 0.188. The number of rotatable bonds is 2. The first-order chi connectivity index (χ1) is 10.9. The number of hydrogen-bond acceptors (Lipinski definition) is 2. The van der Waals surface area contributed by atoms with Crippen molar-refractivity contribution in [1.29, 1.82) is 0 Å². The molecular formula is C16H14F3N2OS+. The Bertz CT molecular complexity index is 761. The van der Waals surface area contributed by atoms with Crippen molar-refractivity contribution < 1.29 is 23.3 Å². The minimum absolute atomic E-state index is 0.161. The molecule has 120 valence electrons. The Morgan fingerprint density at radius 3 is 2.52 bits per heavy atom. The Balaban J connectivity index is 2.16. The lowest BCUT2D eigenvalue weighted by molar-refractivity contribution is -0.615. The largest absolute Gasteiger partial charge is 0.416 e. The van der Waals surface area contributed by atoms with Gasteiger partial charge in [-0.2, -0.15) is 13.2 Å². The van der Waals surface area contributed by atoms with E-state index in [2.05, 4.69) is 0 Å². The third-order valence-corrected chi connectivity index (χ3v) is 4.61. The lowest BCUT2D eigenvalue weighted by Gasteiger charge is -2.31. The predicted octanol–water partition coefficient (Wildman–Crippen LogP) is 3.03. The number of carbonyl (C=O) groups excluding carboxylic acids is 1. The first kappa shape index (κ1) is 15.9. The quantitative estimate of drug-likeness (QED) is 0.913. The molecule has 0 saturated carbocycles. The Labute approximate surface area is 135 Å². The molecule has 0 aromatic heterocycles. The van der Waals surface area contributed by atoms with Crippen LogP contribution in [0.4, 0.5) is 24.5 Å². The minimum atomic E-state index is -4.44. The predicted molar refractivity (Wildman–Crippen MR) is 81.9 cm³/mol. The molecule has 1 aliphatic heterocycles. The van der Waals surface area contributed by atoms with Crippen molar-refractivity contribution in [2.75, 3.05) is 18.5 Å². The van der Waals surface area contributed by atoms with E-state index >= 15 is 0 Å². The van der Waals surface area contributed by atoms with Crippen molar-refractivity contribution in [3.63, 3.8) is 0 Å². The summed E-state index contributed by atoms with van der Waals surface area (Å²) in [6.07, 6.45) is -4.44. The monoisotopic (exact) mass is 339 g/mol. The molecule has 0 aliphatic carbocycles. The molecule has 2 aromatic carbocycles. The fourth-order valence-corrected chi connectivity index (χ4v) is 3.50. The van der Waals surface area contributed by atoms with Gasteiger partial charge in [-0.05, 0) is 30.3 Å². The van der Waals surface area contributed by atoms with Crippen LogP contribution in [0.15, 0.2) is 52.3 Å². The van der Waals surface area contributed by atoms with E-state index in [4.69, 9.17) is 0 Å². The third kappa shape index (κ3) is 2.94. The number of nitrogens with zero attached hydrogens (tertiary/aromatic N) is 1. The summed E-state index contributed by atoms with van der Waals surface area (Å²) in [5.74, 6) is -0.249. The maximum Gasteiger partial charge on any atom is 0.416 e. The minimum Gasteiger partial charge on any atom is -0.341 e. The van der Waals surface area contributed by atoms with E-state index in [1.54, 1.807) is 24.5 Å². The molecule has 1 heterocycles. The van der Waals surface area contributed by atoms with Crippen LogP contribution in [-0.4, -0.2) is 19.5 Å². The second kappa shape index (κ2) is 5.90. The van der Waals surface area contributed by atoms with Crippen molar-refractivity contribution in [3.8, 4) is 0 Å². The van der Waals surface area contributed by atoms with Crippen molar-refractivity contribution in [2.45, 2.75) is 16.0 Å². The van der Waals surface area contributed by atoms with Crippen molar-refractivity contribution in [1.82, 2.24) is 0 Å². The fourth-order valence-electron chi connectivity index (χ4n) is 2.47. The number of anilines is 2. The lowest BCUT2D eigenvalue weighted by Crippen LogP contribution is -2.82. The molecule has 7 heteroatoms. The molecule has 0 saturated heterocycles. The van der Waals surface area contributed by atoms with Crippen LogP contribution in [0.5, 0.6) is 0 Å². The number of alkyl halides is 3. The van der Waals surface area contributed by atoms with E-state index in [1.807, 2.05) is 12.1 Å². The molecule has 0 atom stereocenters. The zero-order chi connectivity index (χ0) is 16.6. The van der Waals surface area contributed by atoms with Gasteiger partial charge in [-0.3, -0.25) is 9.69 Å². The molecule has 23 heavy (non-hydrogen) atoms. The SMILES string of the molecule is C[NH2+]CC(=O)N1c2ccccc2Sc2ccc(C(F)(F)F)cc21. The molecule has 0 unspecified atom stereocenters. The Kier molecular flexibility index (Phi) is 4.08. The zero-order valence-electron chi connectivity index (χ0n) is 12.2. The standard InChI is InChI=1S/C16H13F3N2OS/c1-20-9-15(22)21-11-4-2-3-5-13(11)23-14-7-6-10(8-12(14)21)16(17,18)19/h2-8,20H,9H2,1H3/p+1. The van der Waals surface area contributed by atoms with Crippen molar-refractivity contribution in [3.05, 3.63) is 48.0 Å². The van der Waals surface area contributed by atoms with Gasteiger partial charge in [0.1, 0.15) is 0 Å². The van der Waals surface area contributed by atoms with Gasteiger partial charge in [-0.1, -0.05) is 23.9 Å². The Morgan fingerprint density at radius 2 is 1.83 bits per heavy atom. The van der Waals surface area contributed by atoms with Crippen LogP contribution in [0.25, 0.3) is 0 Å². The van der Waals surface area contributed by atoms with Gasteiger partial charge in [-0.15, -0.1) is 0 Å². The second-order valence-corrected chi connectivity index (χ2v) is 6.18. The first-order valence-electron chi connectivity index (χ1n) is 7.00. The number of likely N-dealkylation sites (N-methyl/N-ethyl adjacent to an activating group) is 1. The normalized spacial score (nSPS) is 13.5. The smallest absolute Gasteiger partial charge is 0.341 e. The number of fused-ring (bicyclic) bond motifs is 2. The third-order valence-electron chi connectivity index (χ3n) is 3.48. The van der Waals surface area contributed by atoms with Gasteiger partial charge < -0.3 is 5.32 Å². The number of para-hydroxylation sites is 1. The van der Waals surface area contributed by atoms with E-state index in [-0.39, 0.29) is 18.1 Å². The number of hydrogen-bond donors (Lipinski definition) is 1. The highest BCUT2D eigenvalue weighted by molar-refractivity contribution is 7.99. The van der Waals surface area contributed by atoms with Crippen molar-refractivity contribution >= 4 is 29.0 Å². The summed E-state index contributed by atoms with van der Waals surface area (Å²) in [7, 11) is 1.75. The van der Waals surface area contributed by atoms with Crippen LogP contribution in [0, 0.1) is 0 Å². The van der Waals surface area contributed by atoms with E-state index in [9.17, 15) is 18.0 Å². The topological polar surface area (TPSA) is 36.9 Å². The molecule has 2 N–H and O–H groups in total. The van der Waals surface area contributed by atoms with Crippen LogP contribution < -0.4 is 10.2 Å². The molecule has 3 rings (SSSR count). The summed E-state index contributed by atoms with van der Waals surface area (Å²) in [5.41, 5.74) is 0.154. The summed E-state index contributed by atoms with van der Waals surface area (Å²) in [5, 5.41) is 1.69. The average molecular weight is 339 g/mol. The van der Waals surface area contributed by atoms with Gasteiger partial charge in [-0.25, -0.2) is 0 Å². The zero-order valence-corrected chi connectivity index (χ0v) is 13.0. The Morgan fingerprint density at radius 1 is 1.13 bits per heavy atom. The summed E-state index contributed by atoms with van der Waals surface area (Å²) >= 11 is 1.37. The molecular weight excluding hydrogens is 325 g/mol. The van der Waals surface area contributed by atoms with Gasteiger partial charge in [0.25, 0.3) is 5.91 Å². The number of benzene rings is 2. The summed E-state index contributed by atoms with van der Waals surface area (Å²) in [6.45, 7) is 0.161. The number of nitrogens with two attached hydrogens (primary N) is 1. The van der Waals surface area contributed by atoms with Crippen LogP contribution in [0.3, 0.4) is 0 Å². The summed E-state index contributed by atoms with van der Waals surface area (Å²) in [6, 6.07) is 10.7. The van der Waals surface area contributed by atoms with Gasteiger partial charge in [0.05, 0.1) is 24.0 Å². The molecule has 0 fully saturated rings. The maximum atomic E-state index is 13.0. The maximum absolute atomic E-state index is 13.0. The number of halogens is 3. The van der Waals surface area contributed by atoms with Crippen LogP contribution >= 0.6 is 11.8 Å². The van der Waals surface area contributed by atoms with E-state index < -0.39 is 11.7 Å². The number of carbonyl (C=O) groups is 1. The second-order valence-electron chi connectivity index (χ2n) is 5.09.